The lowest BCUT2D eigenvalue weighted by Gasteiger charge is -2.31. The predicted octanol–water partition coefficient (Wildman–Crippen LogP) is 0.323. The van der Waals surface area contributed by atoms with Gasteiger partial charge in [-0.2, -0.15) is 5.10 Å². The van der Waals surface area contributed by atoms with Gasteiger partial charge in [-0.1, -0.05) is 0 Å². The molecule has 0 aliphatic carbocycles. The van der Waals surface area contributed by atoms with Gasteiger partial charge in [0.05, 0.1) is 5.69 Å². The fourth-order valence-corrected chi connectivity index (χ4v) is 2.76. The lowest BCUT2D eigenvalue weighted by molar-refractivity contribution is -0.132. The van der Waals surface area contributed by atoms with Gasteiger partial charge in [0, 0.05) is 58.0 Å². The highest BCUT2D eigenvalue weighted by molar-refractivity contribution is 5.81. The number of aliphatic imine (C=N–C) groups is 1. The summed E-state index contributed by atoms with van der Waals surface area (Å²) >= 11 is 0. The van der Waals surface area contributed by atoms with Crippen LogP contribution in [0.25, 0.3) is 0 Å². The van der Waals surface area contributed by atoms with Crippen LogP contribution in [0.2, 0.25) is 0 Å². The van der Waals surface area contributed by atoms with Crippen molar-refractivity contribution in [2.75, 3.05) is 20.6 Å². The van der Waals surface area contributed by atoms with Crippen molar-refractivity contribution in [3.63, 3.8) is 0 Å². The van der Waals surface area contributed by atoms with E-state index in [0.29, 0.717) is 19.5 Å². The lowest BCUT2D eigenvalue weighted by Crippen LogP contribution is -2.51. The predicted molar refractivity (Wildman–Crippen MR) is 86.7 cm³/mol. The molecular formula is C15H26N6O. The van der Waals surface area contributed by atoms with E-state index in [-0.39, 0.29) is 11.9 Å². The maximum absolute atomic E-state index is 11.5. The largest absolute Gasteiger partial charge is 0.352 e. The second-order valence-electron chi connectivity index (χ2n) is 5.85. The molecule has 1 saturated heterocycles. The summed E-state index contributed by atoms with van der Waals surface area (Å²) in [6.45, 7) is 5.48. The Balaban J connectivity index is 1.92. The Labute approximate surface area is 131 Å². The van der Waals surface area contributed by atoms with Gasteiger partial charge in [0.25, 0.3) is 0 Å². The number of amides is 1. The second kappa shape index (κ2) is 6.81. The van der Waals surface area contributed by atoms with Gasteiger partial charge in [-0.3, -0.25) is 14.5 Å². The molecule has 1 aliphatic rings. The molecule has 22 heavy (non-hydrogen) atoms. The SMILES string of the molecule is CN=C(NCc1c(C)nn(C)c1C)NC1CCC(=O)N(C)C1. The molecule has 0 aromatic carbocycles. The number of carbonyl (C=O) groups excluding carboxylic acids is 1. The third-order valence-electron chi connectivity index (χ3n) is 4.28. The number of hydrogen-bond donors (Lipinski definition) is 2. The minimum absolute atomic E-state index is 0.211. The molecule has 0 spiro atoms. The van der Waals surface area contributed by atoms with Gasteiger partial charge >= 0.3 is 0 Å². The van der Waals surface area contributed by atoms with Crippen LogP contribution in [0.1, 0.15) is 29.8 Å². The third-order valence-corrected chi connectivity index (χ3v) is 4.28. The van der Waals surface area contributed by atoms with Crippen LogP contribution in [0.4, 0.5) is 0 Å². The van der Waals surface area contributed by atoms with Crippen LogP contribution in [0, 0.1) is 13.8 Å². The van der Waals surface area contributed by atoms with Crippen LogP contribution >= 0.6 is 0 Å². The standard InChI is InChI=1S/C15H26N6O/c1-10-13(11(2)21(5)19-10)8-17-15(16-3)18-12-6-7-14(22)20(4)9-12/h12H,6-9H2,1-5H3,(H2,16,17,18). The van der Waals surface area contributed by atoms with E-state index in [1.54, 1.807) is 11.9 Å². The Morgan fingerprint density at radius 3 is 2.68 bits per heavy atom. The number of rotatable bonds is 3. The van der Waals surface area contributed by atoms with Crippen molar-refractivity contribution in [3.05, 3.63) is 17.0 Å². The average molecular weight is 306 g/mol. The molecule has 7 nitrogen and oxygen atoms in total. The quantitative estimate of drug-likeness (QED) is 0.623. The minimum Gasteiger partial charge on any atom is -0.352 e. The molecule has 1 atom stereocenters. The number of nitrogens with one attached hydrogen (secondary N) is 2. The molecule has 7 heteroatoms. The third kappa shape index (κ3) is 3.58. The Morgan fingerprint density at radius 2 is 2.14 bits per heavy atom. The molecule has 2 N–H and O–H groups in total. The van der Waals surface area contributed by atoms with Crippen molar-refractivity contribution in [2.45, 2.75) is 39.3 Å². The summed E-state index contributed by atoms with van der Waals surface area (Å²) in [5.41, 5.74) is 3.38. The molecule has 0 saturated carbocycles. The van der Waals surface area contributed by atoms with Crippen molar-refractivity contribution in [1.29, 1.82) is 0 Å². The van der Waals surface area contributed by atoms with Crippen molar-refractivity contribution in [1.82, 2.24) is 25.3 Å². The molecule has 0 bridgehead atoms. The summed E-state index contributed by atoms with van der Waals surface area (Å²) in [5, 5.41) is 11.1. The van der Waals surface area contributed by atoms with Crippen LogP contribution in [-0.2, 0) is 18.4 Å². The van der Waals surface area contributed by atoms with Crippen molar-refractivity contribution in [2.24, 2.45) is 12.0 Å². The van der Waals surface area contributed by atoms with Crippen LogP contribution in [0.5, 0.6) is 0 Å². The lowest BCUT2D eigenvalue weighted by atomic mass is 10.1. The number of aryl methyl sites for hydroxylation is 2. The molecule has 1 amide bonds. The Hall–Kier alpha value is -2.05. The number of likely N-dealkylation sites (tertiary alicyclic amines) is 1. The van der Waals surface area contributed by atoms with E-state index < -0.39 is 0 Å². The number of hydrogen-bond acceptors (Lipinski definition) is 3. The Bertz CT molecular complexity index is 577. The van der Waals surface area contributed by atoms with Crippen LogP contribution < -0.4 is 10.6 Å². The first-order chi connectivity index (χ1) is 10.4. The summed E-state index contributed by atoms with van der Waals surface area (Å²) in [5.74, 6) is 0.970. The number of likely N-dealkylation sites (N-methyl/N-ethyl adjacent to an activating group) is 1. The molecule has 1 unspecified atom stereocenters. The molecule has 1 aromatic rings. The van der Waals surface area contributed by atoms with E-state index in [0.717, 1.165) is 23.8 Å². The number of carbonyl (C=O) groups is 1. The van der Waals surface area contributed by atoms with Gasteiger partial charge in [0.15, 0.2) is 5.96 Å². The van der Waals surface area contributed by atoms with E-state index in [2.05, 4.69) is 27.6 Å². The minimum atomic E-state index is 0.211. The molecule has 2 rings (SSSR count). The molecule has 1 aliphatic heterocycles. The first-order valence-electron chi connectivity index (χ1n) is 7.62. The molecule has 0 radical (unpaired) electrons. The summed E-state index contributed by atoms with van der Waals surface area (Å²) in [6.07, 6.45) is 1.43. The van der Waals surface area contributed by atoms with Crippen LogP contribution in [-0.4, -0.2) is 53.2 Å². The van der Waals surface area contributed by atoms with Crippen LogP contribution in [0.3, 0.4) is 0 Å². The maximum Gasteiger partial charge on any atom is 0.222 e. The zero-order valence-corrected chi connectivity index (χ0v) is 14.1. The highest BCUT2D eigenvalue weighted by Gasteiger charge is 2.23. The van der Waals surface area contributed by atoms with Gasteiger partial charge in [-0.25, -0.2) is 0 Å². The first kappa shape index (κ1) is 16.3. The van der Waals surface area contributed by atoms with Gasteiger partial charge in [-0.05, 0) is 20.3 Å². The van der Waals surface area contributed by atoms with Gasteiger partial charge in [0.1, 0.15) is 0 Å². The Kier molecular flexibility index (Phi) is 5.05. The molecule has 2 heterocycles. The summed E-state index contributed by atoms with van der Waals surface area (Å²) in [4.78, 5) is 17.6. The van der Waals surface area contributed by atoms with Gasteiger partial charge in [-0.15, -0.1) is 0 Å². The maximum atomic E-state index is 11.5. The number of aromatic nitrogens is 2. The number of piperidine rings is 1. The fourth-order valence-electron chi connectivity index (χ4n) is 2.76. The monoisotopic (exact) mass is 306 g/mol. The van der Waals surface area contributed by atoms with Crippen LogP contribution in [0.15, 0.2) is 4.99 Å². The van der Waals surface area contributed by atoms with E-state index >= 15 is 0 Å². The highest BCUT2D eigenvalue weighted by atomic mass is 16.2. The fraction of sp³-hybridized carbons (Fsp3) is 0.667. The first-order valence-corrected chi connectivity index (χ1v) is 7.62. The van der Waals surface area contributed by atoms with Crippen molar-refractivity contribution >= 4 is 11.9 Å². The number of guanidine groups is 1. The summed E-state index contributed by atoms with van der Waals surface area (Å²) in [6, 6.07) is 0.241. The second-order valence-corrected chi connectivity index (χ2v) is 5.85. The molecule has 122 valence electrons. The van der Waals surface area contributed by atoms with E-state index in [4.69, 9.17) is 0 Å². The zero-order chi connectivity index (χ0) is 16.3. The molecule has 1 fully saturated rings. The van der Waals surface area contributed by atoms with E-state index in [9.17, 15) is 4.79 Å². The van der Waals surface area contributed by atoms with Crippen molar-refractivity contribution < 1.29 is 4.79 Å². The summed E-state index contributed by atoms with van der Waals surface area (Å²) in [7, 11) is 5.55. The van der Waals surface area contributed by atoms with Crippen molar-refractivity contribution in [3.8, 4) is 0 Å². The summed E-state index contributed by atoms with van der Waals surface area (Å²) < 4.78 is 1.89. The Morgan fingerprint density at radius 1 is 1.41 bits per heavy atom. The molecule has 1 aromatic heterocycles. The highest BCUT2D eigenvalue weighted by Crippen LogP contribution is 2.12. The number of nitrogens with zero attached hydrogens (tertiary/aromatic N) is 4. The molecular weight excluding hydrogens is 280 g/mol. The van der Waals surface area contributed by atoms with E-state index in [1.165, 1.54) is 5.56 Å². The average Bonchev–Trinajstić information content (AvgIpc) is 2.72. The van der Waals surface area contributed by atoms with Gasteiger partial charge in [0.2, 0.25) is 5.91 Å². The topological polar surface area (TPSA) is 74.5 Å². The van der Waals surface area contributed by atoms with E-state index in [1.807, 2.05) is 25.7 Å². The van der Waals surface area contributed by atoms with Gasteiger partial charge < -0.3 is 15.5 Å². The normalized spacial score (nSPS) is 19.5. The zero-order valence-electron chi connectivity index (χ0n) is 14.1. The smallest absolute Gasteiger partial charge is 0.222 e.